The summed E-state index contributed by atoms with van der Waals surface area (Å²) in [4.78, 5) is 14.2. The van der Waals surface area contributed by atoms with Gasteiger partial charge >= 0.3 is 0 Å². The van der Waals surface area contributed by atoms with Gasteiger partial charge in [0.05, 0.1) is 23.4 Å². The smallest absolute Gasteiger partial charge is 0.264 e. The number of carbonyl (C=O) groups excluding carboxylic acids is 1. The minimum atomic E-state index is -4.05. The Morgan fingerprint density at radius 2 is 1.63 bits per heavy atom. The van der Waals surface area contributed by atoms with E-state index in [1.165, 1.54) is 13.2 Å². The van der Waals surface area contributed by atoms with Gasteiger partial charge in [-0.2, -0.15) is 0 Å². The molecule has 1 amide bonds. The van der Waals surface area contributed by atoms with Crippen molar-refractivity contribution in [2.45, 2.75) is 22.5 Å². The quantitative estimate of drug-likeness (QED) is 0.214. The Hall–Kier alpha value is -3.46. The third kappa shape index (κ3) is 6.69. The maximum atomic E-state index is 13.7. The van der Waals surface area contributed by atoms with Crippen LogP contribution in [0.1, 0.15) is 11.1 Å². The summed E-state index contributed by atoms with van der Waals surface area (Å²) in [6.45, 7) is 1.38. The van der Waals surface area contributed by atoms with Crippen LogP contribution in [0.25, 0.3) is 0 Å². The Balaban J connectivity index is 1.56. The van der Waals surface area contributed by atoms with Crippen LogP contribution in [0.5, 0.6) is 5.75 Å². The van der Waals surface area contributed by atoms with Gasteiger partial charge < -0.3 is 10.1 Å². The van der Waals surface area contributed by atoms with E-state index in [4.69, 9.17) is 16.3 Å². The standard InChI is InChI=1S/C29H27ClN2O4S2/c1-21-18-25(16-17-27(21)36-2)38(34,35)32(24-8-4-3-5-9-24)19-29(33)31-26-10-6-7-11-28(26)37-20-22-12-14-23(30)15-13-22/h3-18H,19-20H2,1-2H3,(H,31,33). The molecule has 4 aromatic carbocycles. The number of aryl methyl sites for hydroxylation is 1. The summed E-state index contributed by atoms with van der Waals surface area (Å²) in [6.07, 6.45) is 0. The molecule has 4 rings (SSSR count). The summed E-state index contributed by atoms with van der Waals surface area (Å²) in [5.41, 5.74) is 2.78. The number of hydrogen-bond acceptors (Lipinski definition) is 5. The van der Waals surface area contributed by atoms with Crippen LogP contribution in [0.15, 0.2) is 107 Å². The van der Waals surface area contributed by atoms with Crippen LogP contribution in [0.3, 0.4) is 0 Å². The molecule has 9 heteroatoms. The second kappa shape index (κ2) is 12.4. The van der Waals surface area contributed by atoms with Crippen molar-refractivity contribution in [3.63, 3.8) is 0 Å². The topological polar surface area (TPSA) is 75.7 Å². The van der Waals surface area contributed by atoms with E-state index in [1.807, 2.05) is 42.5 Å². The molecule has 1 N–H and O–H groups in total. The number of anilines is 2. The van der Waals surface area contributed by atoms with E-state index in [-0.39, 0.29) is 4.90 Å². The largest absolute Gasteiger partial charge is 0.496 e. The van der Waals surface area contributed by atoms with E-state index in [0.29, 0.717) is 33.5 Å². The SMILES string of the molecule is COc1ccc(S(=O)(=O)N(CC(=O)Nc2ccccc2SCc2ccc(Cl)cc2)c2ccccc2)cc1C. The molecule has 0 radical (unpaired) electrons. The lowest BCUT2D eigenvalue weighted by atomic mass is 10.2. The molecule has 0 spiro atoms. The van der Waals surface area contributed by atoms with Crippen molar-refractivity contribution in [3.05, 3.63) is 113 Å². The molecule has 0 saturated carbocycles. The van der Waals surface area contributed by atoms with Crippen molar-refractivity contribution in [1.82, 2.24) is 0 Å². The zero-order chi connectivity index (χ0) is 27.1. The minimum Gasteiger partial charge on any atom is -0.496 e. The molecule has 6 nitrogen and oxygen atoms in total. The van der Waals surface area contributed by atoms with E-state index in [1.54, 1.807) is 67.2 Å². The number of carbonyl (C=O) groups is 1. The molecule has 0 saturated heterocycles. The maximum Gasteiger partial charge on any atom is 0.264 e. The summed E-state index contributed by atoms with van der Waals surface area (Å²) >= 11 is 7.55. The highest BCUT2D eigenvalue weighted by molar-refractivity contribution is 7.98. The van der Waals surface area contributed by atoms with Crippen molar-refractivity contribution in [2.24, 2.45) is 0 Å². The van der Waals surface area contributed by atoms with Crippen LogP contribution in [0, 0.1) is 6.92 Å². The summed E-state index contributed by atoms with van der Waals surface area (Å²) in [7, 11) is -2.52. The Kier molecular flexibility index (Phi) is 8.99. The average Bonchev–Trinajstić information content (AvgIpc) is 2.92. The van der Waals surface area contributed by atoms with Crippen LogP contribution < -0.4 is 14.4 Å². The number of thioether (sulfide) groups is 1. The van der Waals surface area contributed by atoms with Crippen molar-refractivity contribution < 1.29 is 17.9 Å². The van der Waals surface area contributed by atoms with Crippen LogP contribution >= 0.6 is 23.4 Å². The summed E-state index contributed by atoms with van der Waals surface area (Å²) < 4.78 is 33.8. The fourth-order valence-corrected chi connectivity index (χ4v) is 6.40. The first-order valence-electron chi connectivity index (χ1n) is 11.8. The van der Waals surface area contributed by atoms with Gasteiger partial charge in [-0.3, -0.25) is 9.10 Å². The molecule has 0 heterocycles. The van der Waals surface area contributed by atoms with Gasteiger partial charge in [-0.15, -0.1) is 11.8 Å². The minimum absolute atomic E-state index is 0.0753. The summed E-state index contributed by atoms with van der Waals surface area (Å²) in [5.74, 6) is 0.814. The second-order valence-corrected chi connectivity index (χ2v) is 11.8. The molecule has 196 valence electrons. The molecule has 0 atom stereocenters. The van der Waals surface area contributed by atoms with E-state index in [2.05, 4.69) is 5.32 Å². The molecule has 0 aromatic heterocycles. The number of methoxy groups -OCH3 is 1. The number of rotatable bonds is 10. The van der Waals surface area contributed by atoms with Gasteiger partial charge in [0.25, 0.3) is 10.0 Å². The molecule has 0 bridgehead atoms. The van der Waals surface area contributed by atoms with Crippen LogP contribution in [-0.4, -0.2) is 28.0 Å². The first-order valence-corrected chi connectivity index (χ1v) is 14.6. The monoisotopic (exact) mass is 566 g/mol. The Labute approximate surface area is 232 Å². The lowest BCUT2D eigenvalue weighted by Crippen LogP contribution is -2.38. The van der Waals surface area contributed by atoms with E-state index in [0.717, 1.165) is 14.8 Å². The Morgan fingerprint density at radius 1 is 0.947 bits per heavy atom. The van der Waals surface area contributed by atoms with Gasteiger partial charge in [0.1, 0.15) is 12.3 Å². The molecule has 4 aromatic rings. The van der Waals surface area contributed by atoms with Gasteiger partial charge in [-0.25, -0.2) is 8.42 Å². The molecular weight excluding hydrogens is 540 g/mol. The number of halogens is 1. The number of ether oxygens (including phenoxy) is 1. The fourth-order valence-electron chi connectivity index (χ4n) is 3.81. The lowest BCUT2D eigenvalue weighted by Gasteiger charge is -2.24. The number of benzene rings is 4. The van der Waals surface area contributed by atoms with Crippen molar-refractivity contribution in [2.75, 3.05) is 23.3 Å². The zero-order valence-electron chi connectivity index (χ0n) is 20.9. The van der Waals surface area contributed by atoms with Gasteiger partial charge in [0.15, 0.2) is 0 Å². The van der Waals surface area contributed by atoms with Crippen LogP contribution in [-0.2, 0) is 20.6 Å². The average molecular weight is 567 g/mol. The van der Waals surface area contributed by atoms with Gasteiger partial charge in [-0.1, -0.05) is 54.1 Å². The van der Waals surface area contributed by atoms with Crippen molar-refractivity contribution in [3.8, 4) is 5.75 Å². The molecule has 0 fully saturated rings. The van der Waals surface area contributed by atoms with Crippen molar-refractivity contribution >= 4 is 50.7 Å². The number of amides is 1. The molecule has 0 aliphatic heterocycles. The Bertz CT molecular complexity index is 1510. The normalized spacial score (nSPS) is 11.1. The second-order valence-electron chi connectivity index (χ2n) is 8.44. The van der Waals surface area contributed by atoms with Crippen LogP contribution in [0.2, 0.25) is 5.02 Å². The summed E-state index contributed by atoms with van der Waals surface area (Å²) in [5, 5.41) is 3.58. The van der Waals surface area contributed by atoms with Gasteiger partial charge in [0.2, 0.25) is 5.91 Å². The first kappa shape index (κ1) is 27.6. The zero-order valence-corrected chi connectivity index (χ0v) is 23.3. The molecule has 0 unspecified atom stereocenters. The highest BCUT2D eigenvalue weighted by Gasteiger charge is 2.28. The molecule has 38 heavy (non-hydrogen) atoms. The number of sulfonamides is 1. The third-order valence-electron chi connectivity index (χ3n) is 5.75. The predicted molar refractivity (Wildman–Crippen MR) is 155 cm³/mol. The maximum absolute atomic E-state index is 13.7. The summed E-state index contributed by atoms with van der Waals surface area (Å²) in [6, 6.07) is 28.3. The van der Waals surface area contributed by atoms with Crippen LogP contribution in [0.4, 0.5) is 11.4 Å². The third-order valence-corrected chi connectivity index (χ3v) is 8.92. The number of nitrogens with one attached hydrogen (secondary N) is 1. The van der Waals surface area contributed by atoms with Crippen molar-refractivity contribution in [1.29, 1.82) is 0 Å². The van der Waals surface area contributed by atoms with Gasteiger partial charge in [-0.05, 0) is 72.6 Å². The number of para-hydroxylation sites is 2. The molecule has 0 aliphatic rings. The van der Waals surface area contributed by atoms with Gasteiger partial charge in [0, 0.05) is 15.7 Å². The number of nitrogens with zero attached hydrogens (tertiary/aromatic N) is 1. The molecular formula is C29H27ClN2O4S2. The predicted octanol–water partition coefficient (Wildman–Crippen LogP) is 6.78. The Morgan fingerprint density at radius 3 is 2.32 bits per heavy atom. The highest BCUT2D eigenvalue weighted by Crippen LogP contribution is 2.31. The molecule has 0 aliphatic carbocycles. The van der Waals surface area contributed by atoms with E-state index >= 15 is 0 Å². The fraction of sp³-hybridized carbons (Fsp3) is 0.138. The van der Waals surface area contributed by atoms with E-state index in [9.17, 15) is 13.2 Å². The number of hydrogen-bond donors (Lipinski definition) is 1. The highest BCUT2D eigenvalue weighted by atomic mass is 35.5. The first-order chi connectivity index (χ1) is 18.3. The lowest BCUT2D eigenvalue weighted by molar-refractivity contribution is -0.114. The van der Waals surface area contributed by atoms with E-state index < -0.39 is 22.5 Å².